The fourth-order valence-electron chi connectivity index (χ4n) is 1.52. The average molecular weight is 298 g/mol. The van der Waals surface area contributed by atoms with Gasteiger partial charge >= 0.3 is 11.9 Å². The van der Waals surface area contributed by atoms with Gasteiger partial charge in [-0.1, -0.05) is 0 Å². The Kier molecular flexibility index (Phi) is 7.20. The number of rotatable bonds is 8. The molecule has 0 aliphatic rings. The van der Waals surface area contributed by atoms with Crippen molar-refractivity contribution in [3.63, 3.8) is 0 Å². The van der Waals surface area contributed by atoms with Gasteiger partial charge in [-0.3, -0.25) is 0 Å². The van der Waals surface area contributed by atoms with Crippen LogP contribution in [0.15, 0.2) is 18.2 Å². The van der Waals surface area contributed by atoms with E-state index in [0.717, 1.165) is 0 Å². The lowest BCUT2D eigenvalue weighted by atomic mass is 10.1. The van der Waals surface area contributed by atoms with E-state index in [1.165, 1.54) is 18.2 Å². The average Bonchev–Trinajstić information content (AvgIpc) is 2.50. The van der Waals surface area contributed by atoms with Gasteiger partial charge in [0, 0.05) is 0 Å². The molecule has 0 radical (unpaired) electrons. The Morgan fingerprint density at radius 3 is 2.38 bits per heavy atom. The SMILES string of the molecule is CCOC(=O)c1ccc(C(=O)OCCO)cc1OCCO. The number of aliphatic hydroxyl groups excluding tert-OH is 2. The van der Waals surface area contributed by atoms with Crippen LogP contribution in [0.25, 0.3) is 0 Å². The Hall–Kier alpha value is -2.12. The Morgan fingerprint density at radius 1 is 1.05 bits per heavy atom. The van der Waals surface area contributed by atoms with Crippen molar-refractivity contribution in [3.8, 4) is 5.75 Å². The summed E-state index contributed by atoms with van der Waals surface area (Å²) in [6.45, 7) is 1.22. The van der Waals surface area contributed by atoms with Crippen LogP contribution in [0.4, 0.5) is 0 Å². The topological polar surface area (TPSA) is 102 Å². The van der Waals surface area contributed by atoms with E-state index >= 15 is 0 Å². The first-order chi connectivity index (χ1) is 10.1. The van der Waals surface area contributed by atoms with E-state index < -0.39 is 11.9 Å². The number of esters is 2. The number of hydrogen-bond donors (Lipinski definition) is 2. The van der Waals surface area contributed by atoms with E-state index in [1.54, 1.807) is 6.92 Å². The maximum absolute atomic E-state index is 11.8. The van der Waals surface area contributed by atoms with Crippen molar-refractivity contribution in [2.24, 2.45) is 0 Å². The minimum Gasteiger partial charge on any atom is -0.490 e. The quantitative estimate of drug-likeness (QED) is 0.669. The van der Waals surface area contributed by atoms with Crippen molar-refractivity contribution in [3.05, 3.63) is 29.3 Å². The predicted molar refractivity (Wildman–Crippen MR) is 72.3 cm³/mol. The van der Waals surface area contributed by atoms with Crippen molar-refractivity contribution in [2.75, 3.05) is 33.0 Å². The first-order valence-electron chi connectivity index (χ1n) is 6.46. The lowest BCUT2D eigenvalue weighted by Gasteiger charge is -2.11. The molecule has 0 unspecified atom stereocenters. The summed E-state index contributed by atoms with van der Waals surface area (Å²) in [5.41, 5.74) is 0.327. The van der Waals surface area contributed by atoms with Gasteiger partial charge in [0.1, 0.15) is 24.5 Å². The molecule has 0 fully saturated rings. The third-order valence-corrected chi connectivity index (χ3v) is 2.39. The van der Waals surface area contributed by atoms with Crippen molar-refractivity contribution < 1.29 is 34.0 Å². The fourth-order valence-corrected chi connectivity index (χ4v) is 1.52. The summed E-state index contributed by atoms with van der Waals surface area (Å²) >= 11 is 0. The molecule has 7 heteroatoms. The number of carbonyl (C=O) groups excluding carboxylic acids is 2. The normalized spacial score (nSPS) is 10.0. The lowest BCUT2D eigenvalue weighted by molar-refractivity contribution is 0.0431. The summed E-state index contributed by atoms with van der Waals surface area (Å²) < 4.78 is 14.9. The molecule has 1 aromatic carbocycles. The van der Waals surface area contributed by atoms with E-state index in [9.17, 15) is 9.59 Å². The molecular formula is C14H18O7. The molecule has 0 spiro atoms. The molecule has 0 bridgehead atoms. The van der Waals surface area contributed by atoms with E-state index in [1.807, 2.05) is 0 Å². The number of hydrogen-bond acceptors (Lipinski definition) is 7. The molecular weight excluding hydrogens is 280 g/mol. The molecule has 21 heavy (non-hydrogen) atoms. The monoisotopic (exact) mass is 298 g/mol. The van der Waals surface area contributed by atoms with Gasteiger partial charge in [0.2, 0.25) is 0 Å². The highest BCUT2D eigenvalue weighted by Gasteiger charge is 2.17. The largest absolute Gasteiger partial charge is 0.490 e. The van der Waals surface area contributed by atoms with Gasteiger partial charge in [-0.15, -0.1) is 0 Å². The van der Waals surface area contributed by atoms with Crippen LogP contribution < -0.4 is 4.74 Å². The maximum atomic E-state index is 11.8. The molecule has 0 atom stereocenters. The third-order valence-electron chi connectivity index (χ3n) is 2.39. The highest BCUT2D eigenvalue weighted by atomic mass is 16.5. The zero-order chi connectivity index (χ0) is 15.7. The number of ether oxygens (including phenoxy) is 3. The summed E-state index contributed by atoms with van der Waals surface area (Å²) in [5, 5.41) is 17.4. The molecule has 116 valence electrons. The van der Waals surface area contributed by atoms with Crippen LogP contribution in [0, 0.1) is 0 Å². The standard InChI is InChI=1S/C14H18O7/c1-2-19-14(18)11-4-3-10(13(17)21-8-6-16)9-12(11)20-7-5-15/h3-4,9,15-16H,2,5-8H2,1H3. The second-order valence-corrected chi connectivity index (χ2v) is 3.86. The van der Waals surface area contributed by atoms with Crippen molar-refractivity contribution in [1.82, 2.24) is 0 Å². The first-order valence-corrected chi connectivity index (χ1v) is 6.46. The van der Waals surface area contributed by atoms with Crippen molar-refractivity contribution >= 4 is 11.9 Å². The molecule has 0 saturated carbocycles. The van der Waals surface area contributed by atoms with Crippen LogP contribution in [-0.4, -0.2) is 55.2 Å². The maximum Gasteiger partial charge on any atom is 0.341 e. The zero-order valence-corrected chi connectivity index (χ0v) is 11.7. The van der Waals surface area contributed by atoms with E-state index in [-0.39, 0.29) is 49.9 Å². The van der Waals surface area contributed by atoms with Gasteiger partial charge in [-0.2, -0.15) is 0 Å². The first kappa shape index (κ1) is 16.9. The van der Waals surface area contributed by atoms with Gasteiger partial charge in [0.25, 0.3) is 0 Å². The Labute approximate surface area is 122 Å². The molecule has 0 heterocycles. The van der Waals surface area contributed by atoms with Crippen LogP contribution in [-0.2, 0) is 9.47 Å². The molecule has 0 aliphatic heterocycles. The highest BCUT2D eigenvalue weighted by molar-refractivity contribution is 5.96. The molecule has 2 N–H and O–H groups in total. The van der Waals surface area contributed by atoms with Crippen LogP contribution >= 0.6 is 0 Å². The van der Waals surface area contributed by atoms with Gasteiger partial charge in [0.15, 0.2) is 0 Å². The van der Waals surface area contributed by atoms with Crippen molar-refractivity contribution in [1.29, 1.82) is 0 Å². The van der Waals surface area contributed by atoms with Crippen molar-refractivity contribution in [2.45, 2.75) is 6.92 Å². The predicted octanol–water partition coefficient (Wildman–Crippen LogP) is 0.384. The van der Waals surface area contributed by atoms with Gasteiger partial charge < -0.3 is 24.4 Å². The zero-order valence-electron chi connectivity index (χ0n) is 11.7. The molecule has 1 aromatic rings. The Bertz CT molecular complexity index is 484. The van der Waals surface area contributed by atoms with Gasteiger partial charge in [-0.05, 0) is 25.1 Å². The number of aliphatic hydroxyl groups is 2. The van der Waals surface area contributed by atoms with E-state index in [2.05, 4.69) is 0 Å². The Balaban J connectivity index is 2.99. The molecule has 1 rings (SSSR count). The minimum atomic E-state index is -0.645. The summed E-state index contributed by atoms with van der Waals surface area (Å²) in [6, 6.07) is 4.12. The molecule has 0 amide bonds. The van der Waals surface area contributed by atoms with Gasteiger partial charge in [-0.25, -0.2) is 9.59 Å². The summed E-state index contributed by atoms with van der Waals surface area (Å²) in [4.78, 5) is 23.4. The fraction of sp³-hybridized carbons (Fsp3) is 0.429. The number of carbonyl (C=O) groups is 2. The molecule has 7 nitrogen and oxygen atoms in total. The molecule has 0 aromatic heterocycles. The second-order valence-electron chi connectivity index (χ2n) is 3.86. The third kappa shape index (κ3) is 5.05. The van der Waals surface area contributed by atoms with E-state index in [4.69, 9.17) is 24.4 Å². The van der Waals surface area contributed by atoms with E-state index in [0.29, 0.717) is 0 Å². The summed E-state index contributed by atoms with van der Waals surface area (Å²) in [5.74, 6) is -1.10. The minimum absolute atomic E-state index is 0.0262. The van der Waals surface area contributed by atoms with Gasteiger partial charge in [0.05, 0.1) is 25.4 Å². The molecule has 0 aliphatic carbocycles. The smallest absolute Gasteiger partial charge is 0.341 e. The second kappa shape index (κ2) is 8.93. The van der Waals surface area contributed by atoms with Crippen LogP contribution in [0.3, 0.4) is 0 Å². The summed E-state index contributed by atoms with van der Waals surface area (Å²) in [6.07, 6.45) is 0. The summed E-state index contributed by atoms with van der Waals surface area (Å²) in [7, 11) is 0. The van der Waals surface area contributed by atoms with Crippen LogP contribution in [0.1, 0.15) is 27.6 Å². The Morgan fingerprint density at radius 2 is 1.76 bits per heavy atom. The van der Waals surface area contributed by atoms with Crippen LogP contribution in [0.5, 0.6) is 5.75 Å². The molecule has 0 saturated heterocycles. The highest BCUT2D eigenvalue weighted by Crippen LogP contribution is 2.22. The van der Waals surface area contributed by atoms with Crippen LogP contribution in [0.2, 0.25) is 0 Å². The lowest BCUT2D eigenvalue weighted by Crippen LogP contribution is -2.13. The number of benzene rings is 1.